The predicted octanol–water partition coefficient (Wildman–Crippen LogP) is 3.47. The molecule has 1 aliphatic rings. The van der Waals surface area contributed by atoms with E-state index in [9.17, 15) is 0 Å². The Balaban J connectivity index is 1.99. The van der Waals surface area contributed by atoms with Crippen LogP contribution >= 0.6 is 0 Å². The van der Waals surface area contributed by atoms with E-state index >= 15 is 0 Å². The first-order chi connectivity index (χ1) is 9.85. The monoisotopic (exact) mass is 274 g/mol. The molecule has 1 heterocycles. The van der Waals surface area contributed by atoms with Gasteiger partial charge in [-0.2, -0.15) is 0 Å². The van der Waals surface area contributed by atoms with Crippen molar-refractivity contribution in [2.45, 2.75) is 57.5 Å². The molecule has 2 atom stereocenters. The zero-order valence-electron chi connectivity index (χ0n) is 13.1. The molecule has 1 fully saturated rings. The summed E-state index contributed by atoms with van der Waals surface area (Å²) >= 11 is 0. The molecular weight excluding hydrogens is 244 g/mol. The molecule has 1 aromatic rings. The van der Waals surface area contributed by atoms with Crippen LogP contribution in [0.25, 0.3) is 0 Å². The van der Waals surface area contributed by atoms with Crippen molar-refractivity contribution in [3.63, 3.8) is 0 Å². The van der Waals surface area contributed by atoms with Gasteiger partial charge in [-0.3, -0.25) is 4.90 Å². The third kappa shape index (κ3) is 4.32. The second kappa shape index (κ2) is 8.43. The average molecular weight is 274 g/mol. The van der Waals surface area contributed by atoms with Crippen LogP contribution in [0.3, 0.4) is 0 Å². The van der Waals surface area contributed by atoms with E-state index in [0.29, 0.717) is 6.04 Å². The first-order valence-corrected chi connectivity index (χ1v) is 8.29. The minimum atomic E-state index is 0.708. The quantitative estimate of drug-likeness (QED) is 0.819. The summed E-state index contributed by atoms with van der Waals surface area (Å²) in [5.41, 5.74) is 1.48. The molecule has 1 aromatic carbocycles. The largest absolute Gasteiger partial charge is 0.320 e. The Morgan fingerprint density at radius 2 is 2.05 bits per heavy atom. The smallest absolute Gasteiger partial charge is 0.0136 e. The lowest BCUT2D eigenvalue weighted by Gasteiger charge is -2.41. The van der Waals surface area contributed by atoms with Crippen molar-refractivity contribution >= 4 is 0 Å². The van der Waals surface area contributed by atoms with Gasteiger partial charge in [0, 0.05) is 12.1 Å². The molecule has 1 saturated heterocycles. The van der Waals surface area contributed by atoms with E-state index in [4.69, 9.17) is 0 Å². The van der Waals surface area contributed by atoms with Crippen molar-refractivity contribution in [2.75, 3.05) is 20.1 Å². The van der Waals surface area contributed by atoms with Crippen LogP contribution in [0.1, 0.15) is 44.6 Å². The zero-order chi connectivity index (χ0) is 14.2. The number of hydrogen-bond acceptors (Lipinski definition) is 2. The molecule has 1 aliphatic heterocycles. The van der Waals surface area contributed by atoms with E-state index < -0.39 is 0 Å². The number of rotatable bonds is 7. The van der Waals surface area contributed by atoms with E-state index in [1.807, 2.05) is 0 Å². The van der Waals surface area contributed by atoms with E-state index in [2.05, 4.69) is 54.5 Å². The van der Waals surface area contributed by atoms with Crippen molar-refractivity contribution in [3.8, 4) is 0 Å². The van der Waals surface area contributed by atoms with Gasteiger partial charge in [-0.05, 0) is 57.8 Å². The number of piperidine rings is 1. The van der Waals surface area contributed by atoms with Crippen LogP contribution in [0.15, 0.2) is 30.3 Å². The average Bonchev–Trinajstić information content (AvgIpc) is 2.52. The summed E-state index contributed by atoms with van der Waals surface area (Å²) in [4.78, 5) is 2.80. The lowest BCUT2D eigenvalue weighted by Crippen LogP contribution is -2.47. The van der Waals surface area contributed by atoms with Gasteiger partial charge in [0.2, 0.25) is 0 Å². The third-order valence-electron chi connectivity index (χ3n) is 4.65. The molecule has 2 rings (SSSR count). The van der Waals surface area contributed by atoms with Gasteiger partial charge in [-0.25, -0.2) is 0 Å². The van der Waals surface area contributed by atoms with Gasteiger partial charge >= 0.3 is 0 Å². The molecule has 2 heteroatoms. The summed E-state index contributed by atoms with van der Waals surface area (Å²) in [5.74, 6) is 0. The highest BCUT2D eigenvalue weighted by Gasteiger charge is 2.27. The summed E-state index contributed by atoms with van der Waals surface area (Å²) in [7, 11) is 2.06. The molecule has 0 aromatic heterocycles. The normalized spacial score (nSPS) is 21.8. The van der Waals surface area contributed by atoms with Crippen molar-refractivity contribution in [2.24, 2.45) is 0 Å². The molecule has 2 nitrogen and oxygen atoms in total. The number of benzene rings is 1. The highest BCUT2D eigenvalue weighted by atomic mass is 15.2. The lowest BCUT2D eigenvalue weighted by atomic mass is 9.93. The Morgan fingerprint density at radius 3 is 2.75 bits per heavy atom. The molecule has 0 saturated carbocycles. The zero-order valence-corrected chi connectivity index (χ0v) is 13.1. The van der Waals surface area contributed by atoms with Gasteiger partial charge < -0.3 is 5.32 Å². The minimum Gasteiger partial charge on any atom is -0.320 e. The lowest BCUT2D eigenvalue weighted by molar-refractivity contribution is 0.0861. The van der Waals surface area contributed by atoms with Gasteiger partial charge in [0.05, 0.1) is 0 Å². The predicted molar refractivity (Wildman–Crippen MR) is 87.1 cm³/mol. The maximum absolute atomic E-state index is 3.32. The fraction of sp³-hybridized carbons (Fsp3) is 0.667. The van der Waals surface area contributed by atoms with E-state index in [0.717, 1.165) is 12.6 Å². The Bertz CT molecular complexity index is 363. The van der Waals surface area contributed by atoms with Crippen LogP contribution < -0.4 is 5.32 Å². The maximum atomic E-state index is 3.32. The van der Waals surface area contributed by atoms with Gasteiger partial charge in [0.25, 0.3) is 0 Å². The van der Waals surface area contributed by atoms with Crippen LogP contribution in [-0.2, 0) is 6.42 Å². The summed E-state index contributed by atoms with van der Waals surface area (Å²) in [5, 5.41) is 3.32. The molecular formula is C18H30N2. The van der Waals surface area contributed by atoms with Crippen LogP contribution in [0, 0.1) is 0 Å². The van der Waals surface area contributed by atoms with Gasteiger partial charge in [0.15, 0.2) is 0 Å². The van der Waals surface area contributed by atoms with Crippen molar-refractivity contribution in [3.05, 3.63) is 35.9 Å². The Labute approximate surface area is 124 Å². The summed E-state index contributed by atoms with van der Waals surface area (Å²) in [6.07, 6.45) is 7.92. The Kier molecular flexibility index (Phi) is 6.55. The number of nitrogens with zero attached hydrogens (tertiary/aromatic N) is 1. The summed E-state index contributed by atoms with van der Waals surface area (Å²) < 4.78 is 0. The molecule has 0 spiro atoms. The number of hydrogen-bond donors (Lipinski definition) is 1. The molecule has 112 valence electrons. The molecule has 0 radical (unpaired) electrons. The first-order valence-electron chi connectivity index (χ1n) is 8.29. The highest BCUT2D eigenvalue weighted by molar-refractivity contribution is 5.16. The second-order valence-electron chi connectivity index (χ2n) is 6.03. The van der Waals surface area contributed by atoms with E-state index in [1.54, 1.807) is 0 Å². The number of nitrogens with one attached hydrogen (secondary N) is 1. The molecule has 0 amide bonds. The van der Waals surface area contributed by atoms with Crippen molar-refractivity contribution in [1.82, 2.24) is 10.2 Å². The van der Waals surface area contributed by atoms with E-state index in [1.165, 1.54) is 50.6 Å². The summed E-state index contributed by atoms with van der Waals surface area (Å²) in [6, 6.07) is 12.5. The Hall–Kier alpha value is -0.860. The molecule has 1 N–H and O–H groups in total. The summed E-state index contributed by atoms with van der Waals surface area (Å²) in [6.45, 7) is 4.78. The SMILES string of the molecule is CCC(Cc1ccccc1)N1CCCCC1CCNC. The topological polar surface area (TPSA) is 15.3 Å². The number of likely N-dealkylation sites (tertiary alicyclic amines) is 1. The first kappa shape index (κ1) is 15.5. The van der Waals surface area contributed by atoms with Crippen LogP contribution in [-0.4, -0.2) is 37.1 Å². The highest BCUT2D eigenvalue weighted by Crippen LogP contribution is 2.25. The van der Waals surface area contributed by atoms with Crippen molar-refractivity contribution in [1.29, 1.82) is 0 Å². The van der Waals surface area contributed by atoms with Crippen LogP contribution in [0.5, 0.6) is 0 Å². The van der Waals surface area contributed by atoms with Crippen LogP contribution in [0.2, 0.25) is 0 Å². The van der Waals surface area contributed by atoms with Gasteiger partial charge in [0.1, 0.15) is 0 Å². The Morgan fingerprint density at radius 1 is 1.25 bits per heavy atom. The molecule has 2 unspecified atom stereocenters. The standard InChI is InChI=1S/C18H30N2/c1-3-17(15-16-9-5-4-6-10-16)20-14-8-7-11-18(20)12-13-19-2/h4-6,9-10,17-19H,3,7-8,11-15H2,1-2H3. The van der Waals surface area contributed by atoms with Crippen LogP contribution in [0.4, 0.5) is 0 Å². The fourth-order valence-corrected chi connectivity index (χ4v) is 3.51. The molecule has 20 heavy (non-hydrogen) atoms. The minimum absolute atomic E-state index is 0.708. The maximum Gasteiger partial charge on any atom is 0.0136 e. The second-order valence-corrected chi connectivity index (χ2v) is 6.03. The van der Waals surface area contributed by atoms with E-state index in [-0.39, 0.29) is 0 Å². The fourth-order valence-electron chi connectivity index (χ4n) is 3.51. The third-order valence-corrected chi connectivity index (χ3v) is 4.65. The van der Waals surface area contributed by atoms with Gasteiger partial charge in [-0.1, -0.05) is 43.7 Å². The van der Waals surface area contributed by atoms with Gasteiger partial charge in [-0.15, -0.1) is 0 Å². The van der Waals surface area contributed by atoms with Crippen molar-refractivity contribution < 1.29 is 0 Å². The molecule has 0 bridgehead atoms. The molecule has 0 aliphatic carbocycles.